The van der Waals surface area contributed by atoms with Crippen LogP contribution >= 0.6 is 11.8 Å². The number of carbonyl (C=O) groups is 1. The zero-order chi connectivity index (χ0) is 14.2. The predicted octanol–water partition coefficient (Wildman–Crippen LogP) is 1.56. The summed E-state index contributed by atoms with van der Waals surface area (Å²) in [7, 11) is 1.61. The fourth-order valence-electron chi connectivity index (χ4n) is 1.48. The number of hydrogen-bond acceptors (Lipinski definition) is 4. The number of aryl methyl sites for hydroxylation is 1. The third-order valence-electron chi connectivity index (χ3n) is 2.34. The van der Waals surface area contributed by atoms with E-state index in [4.69, 9.17) is 5.73 Å². The molecule has 19 heavy (non-hydrogen) atoms. The second-order valence-corrected chi connectivity index (χ2v) is 4.72. The summed E-state index contributed by atoms with van der Waals surface area (Å²) >= 11 is 1.05. The number of rotatable bonds is 3. The van der Waals surface area contributed by atoms with Crippen molar-refractivity contribution in [2.24, 2.45) is 12.8 Å². The van der Waals surface area contributed by atoms with Crippen LogP contribution in [0.4, 0.5) is 13.2 Å². The molecule has 0 aliphatic rings. The number of primary amides is 1. The van der Waals surface area contributed by atoms with E-state index in [1.165, 1.54) is 4.57 Å². The van der Waals surface area contributed by atoms with E-state index in [9.17, 15) is 18.0 Å². The minimum Gasteiger partial charge on any atom is -0.369 e. The second kappa shape index (κ2) is 4.72. The van der Waals surface area contributed by atoms with Crippen LogP contribution in [0.5, 0.6) is 0 Å². The number of nitrogens with zero attached hydrogens (tertiary/aromatic N) is 3. The molecule has 0 saturated carbocycles. The third-order valence-corrected chi connectivity index (χ3v) is 3.39. The van der Waals surface area contributed by atoms with Crippen LogP contribution in [0.25, 0.3) is 11.2 Å². The fourth-order valence-corrected chi connectivity index (χ4v) is 2.19. The Hall–Kier alpha value is -1.77. The van der Waals surface area contributed by atoms with Gasteiger partial charge < -0.3 is 10.3 Å². The molecule has 1 amide bonds. The molecular formula is C10H9F3N4OS. The van der Waals surface area contributed by atoms with Crippen molar-refractivity contribution in [3.05, 3.63) is 17.8 Å². The van der Waals surface area contributed by atoms with Gasteiger partial charge in [-0.15, -0.1) is 0 Å². The summed E-state index contributed by atoms with van der Waals surface area (Å²) in [5.41, 5.74) is 4.60. The largest absolute Gasteiger partial charge is 0.417 e. The van der Waals surface area contributed by atoms with Gasteiger partial charge in [0, 0.05) is 13.2 Å². The van der Waals surface area contributed by atoms with E-state index in [1.807, 2.05) is 0 Å². The van der Waals surface area contributed by atoms with Crippen LogP contribution in [0, 0.1) is 0 Å². The van der Waals surface area contributed by atoms with E-state index >= 15 is 0 Å². The number of nitrogens with two attached hydrogens (primary N) is 1. The molecule has 2 N–H and O–H groups in total. The lowest BCUT2D eigenvalue weighted by atomic mass is 10.2. The van der Waals surface area contributed by atoms with Crippen molar-refractivity contribution >= 4 is 28.8 Å². The van der Waals surface area contributed by atoms with Crippen molar-refractivity contribution in [1.29, 1.82) is 0 Å². The van der Waals surface area contributed by atoms with Gasteiger partial charge in [0.15, 0.2) is 10.8 Å². The molecule has 0 unspecified atom stereocenters. The molecule has 2 rings (SSSR count). The Labute approximate surface area is 110 Å². The number of halogens is 3. The van der Waals surface area contributed by atoms with Crippen LogP contribution in [0.2, 0.25) is 0 Å². The Morgan fingerprint density at radius 2 is 2.21 bits per heavy atom. The molecule has 0 aliphatic carbocycles. The molecule has 0 fully saturated rings. The monoisotopic (exact) mass is 290 g/mol. The third kappa shape index (κ3) is 2.80. The molecule has 0 atom stereocenters. The molecule has 5 nitrogen and oxygen atoms in total. The summed E-state index contributed by atoms with van der Waals surface area (Å²) in [5, 5.41) is 0.389. The summed E-state index contributed by atoms with van der Waals surface area (Å²) in [6.07, 6.45) is -3.70. The molecule has 102 valence electrons. The smallest absolute Gasteiger partial charge is 0.369 e. The quantitative estimate of drug-likeness (QED) is 0.871. The van der Waals surface area contributed by atoms with Gasteiger partial charge in [0.05, 0.1) is 11.3 Å². The zero-order valence-corrected chi connectivity index (χ0v) is 10.5. The van der Waals surface area contributed by atoms with Crippen LogP contribution < -0.4 is 5.73 Å². The number of fused-ring (bicyclic) bond motifs is 1. The molecule has 2 aromatic rings. The van der Waals surface area contributed by atoms with Crippen molar-refractivity contribution in [3.8, 4) is 0 Å². The lowest BCUT2D eigenvalue weighted by Gasteiger charge is -2.05. The van der Waals surface area contributed by atoms with Crippen molar-refractivity contribution in [2.75, 3.05) is 5.75 Å². The normalized spacial score (nSPS) is 12.0. The molecule has 2 heterocycles. The van der Waals surface area contributed by atoms with Gasteiger partial charge in [-0.3, -0.25) is 4.79 Å². The van der Waals surface area contributed by atoms with E-state index in [1.54, 1.807) is 7.05 Å². The lowest BCUT2D eigenvalue weighted by molar-refractivity contribution is -0.137. The van der Waals surface area contributed by atoms with Crippen molar-refractivity contribution in [1.82, 2.24) is 14.5 Å². The molecule has 0 spiro atoms. The second-order valence-electron chi connectivity index (χ2n) is 3.77. The number of thioether (sulfide) groups is 1. The molecule has 0 bridgehead atoms. The van der Waals surface area contributed by atoms with E-state index in [-0.39, 0.29) is 11.3 Å². The minimum absolute atomic E-state index is 0.00326. The maximum atomic E-state index is 12.5. The summed E-state index contributed by atoms with van der Waals surface area (Å²) < 4.78 is 39.1. The highest BCUT2D eigenvalue weighted by molar-refractivity contribution is 7.99. The van der Waals surface area contributed by atoms with Crippen LogP contribution in [0.15, 0.2) is 17.4 Å². The average Bonchev–Trinajstić information content (AvgIpc) is 2.62. The maximum Gasteiger partial charge on any atom is 0.417 e. The molecule has 0 aliphatic heterocycles. The number of hydrogen-bond donors (Lipinski definition) is 1. The first-order valence-electron chi connectivity index (χ1n) is 5.10. The number of imidazole rings is 1. The Morgan fingerprint density at radius 3 is 2.79 bits per heavy atom. The lowest BCUT2D eigenvalue weighted by Crippen LogP contribution is -2.13. The first-order valence-corrected chi connectivity index (χ1v) is 6.08. The van der Waals surface area contributed by atoms with Crippen LogP contribution in [-0.2, 0) is 18.0 Å². The first-order chi connectivity index (χ1) is 8.79. The Bertz CT molecular complexity index is 637. The van der Waals surface area contributed by atoms with Crippen LogP contribution in [0.1, 0.15) is 5.56 Å². The van der Waals surface area contributed by atoms with Gasteiger partial charge in [-0.25, -0.2) is 9.97 Å². The summed E-state index contributed by atoms with van der Waals surface area (Å²) in [6, 6.07) is 0.927. The number of pyridine rings is 1. The highest BCUT2D eigenvalue weighted by atomic mass is 32.2. The topological polar surface area (TPSA) is 73.8 Å². The predicted molar refractivity (Wildman–Crippen MR) is 63.4 cm³/mol. The van der Waals surface area contributed by atoms with E-state index in [0.717, 1.165) is 24.0 Å². The summed E-state index contributed by atoms with van der Waals surface area (Å²) in [6.45, 7) is 0. The maximum absolute atomic E-state index is 12.5. The van der Waals surface area contributed by atoms with Gasteiger partial charge in [0.1, 0.15) is 5.52 Å². The summed E-state index contributed by atoms with van der Waals surface area (Å²) in [4.78, 5) is 18.4. The van der Waals surface area contributed by atoms with Gasteiger partial charge in [-0.2, -0.15) is 13.2 Å². The molecule has 9 heteroatoms. The molecule has 0 aromatic carbocycles. The summed E-state index contributed by atoms with van der Waals surface area (Å²) in [5.74, 6) is -0.524. The zero-order valence-electron chi connectivity index (χ0n) is 9.73. The van der Waals surface area contributed by atoms with Crippen molar-refractivity contribution in [3.63, 3.8) is 0 Å². The number of alkyl halides is 3. The van der Waals surface area contributed by atoms with Gasteiger partial charge in [0.2, 0.25) is 5.91 Å². The average molecular weight is 290 g/mol. The van der Waals surface area contributed by atoms with Gasteiger partial charge in [0.25, 0.3) is 0 Å². The van der Waals surface area contributed by atoms with Gasteiger partial charge in [-0.05, 0) is 6.07 Å². The standard InChI is InChI=1S/C10H9F3N4OS/c1-17-8-6(16-9(17)19-4-7(14)18)2-5(3-15-8)10(11,12)13/h2-3H,4H2,1H3,(H2,14,18). The van der Waals surface area contributed by atoms with Crippen molar-refractivity contribution < 1.29 is 18.0 Å². The SMILES string of the molecule is Cn1c(SCC(N)=O)nc2cc(C(F)(F)F)cnc21. The van der Waals surface area contributed by atoms with Crippen LogP contribution in [-0.4, -0.2) is 26.2 Å². The molecule has 0 radical (unpaired) electrons. The first kappa shape index (κ1) is 13.7. The van der Waals surface area contributed by atoms with Gasteiger partial charge >= 0.3 is 6.18 Å². The number of carbonyl (C=O) groups excluding carboxylic acids is 1. The van der Waals surface area contributed by atoms with E-state index in [2.05, 4.69) is 9.97 Å². The highest BCUT2D eigenvalue weighted by Gasteiger charge is 2.31. The van der Waals surface area contributed by atoms with E-state index in [0.29, 0.717) is 10.8 Å². The number of amides is 1. The fraction of sp³-hybridized carbons (Fsp3) is 0.300. The van der Waals surface area contributed by atoms with Gasteiger partial charge in [-0.1, -0.05) is 11.8 Å². The Balaban J connectivity index is 2.42. The molecule has 2 aromatic heterocycles. The highest BCUT2D eigenvalue weighted by Crippen LogP contribution is 2.31. The van der Waals surface area contributed by atoms with E-state index < -0.39 is 17.6 Å². The molecule has 0 saturated heterocycles. The Morgan fingerprint density at radius 1 is 1.53 bits per heavy atom. The van der Waals surface area contributed by atoms with Crippen LogP contribution in [0.3, 0.4) is 0 Å². The molecular weight excluding hydrogens is 281 g/mol. The number of aromatic nitrogens is 3. The Kier molecular flexibility index (Phi) is 3.40. The van der Waals surface area contributed by atoms with Crippen molar-refractivity contribution in [2.45, 2.75) is 11.3 Å². The minimum atomic E-state index is -4.46.